The molecule has 0 amide bonds. The van der Waals surface area contributed by atoms with Crippen molar-refractivity contribution in [1.29, 1.82) is 5.26 Å². The lowest BCUT2D eigenvalue weighted by molar-refractivity contribution is 0.482. The van der Waals surface area contributed by atoms with Crippen LogP contribution < -0.4 is 4.74 Å². The normalized spacial score (nSPS) is 10.3. The molecule has 0 aliphatic rings. The molecule has 3 aromatic carbocycles. The molecule has 3 rings (SSSR count). The number of nitrogens with zero attached hydrogens (tertiary/aromatic N) is 1. The highest BCUT2D eigenvalue weighted by Crippen LogP contribution is 2.30. The summed E-state index contributed by atoms with van der Waals surface area (Å²) >= 11 is 9.41. The fourth-order valence-electron chi connectivity index (χ4n) is 2.06. The Bertz CT molecular complexity index is 870. The Balaban J connectivity index is 2.00. The Morgan fingerprint density at radius 3 is 2.52 bits per heavy atom. The van der Waals surface area contributed by atoms with Crippen molar-refractivity contribution in [3.05, 3.63) is 69.7 Å². The molecule has 3 aromatic rings. The molecule has 0 spiro atoms. The number of ether oxygens (including phenoxy) is 1. The van der Waals surface area contributed by atoms with E-state index in [1.807, 2.05) is 36.4 Å². The van der Waals surface area contributed by atoms with Gasteiger partial charge in [0.05, 0.1) is 5.56 Å². The van der Waals surface area contributed by atoms with E-state index in [-0.39, 0.29) is 0 Å². The van der Waals surface area contributed by atoms with E-state index in [0.29, 0.717) is 22.1 Å². The maximum Gasteiger partial charge on any atom is 0.146 e. The lowest BCUT2D eigenvalue weighted by atomic mass is 10.1. The van der Waals surface area contributed by atoms with Crippen LogP contribution in [0.1, 0.15) is 5.56 Å². The Morgan fingerprint density at radius 2 is 1.71 bits per heavy atom. The zero-order chi connectivity index (χ0) is 14.8. The first-order chi connectivity index (χ1) is 10.2. The zero-order valence-electron chi connectivity index (χ0n) is 10.8. The fourth-order valence-corrected chi connectivity index (χ4v) is 2.60. The number of hydrogen-bond acceptors (Lipinski definition) is 2. The van der Waals surface area contributed by atoms with Crippen molar-refractivity contribution in [3.8, 4) is 17.6 Å². The molecule has 0 N–H and O–H groups in total. The van der Waals surface area contributed by atoms with Crippen LogP contribution in [-0.2, 0) is 0 Å². The van der Waals surface area contributed by atoms with E-state index in [4.69, 9.17) is 21.6 Å². The summed E-state index contributed by atoms with van der Waals surface area (Å²) in [5, 5.41) is 11.8. The topological polar surface area (TPSA) is 33.0 Å². The highest BCUT2D eigenvalue weighted by atomic mass is 79.9. The molecule has 0 atom stereocenters. The second-order valence-corrected chi connectivity index (χ2v) is 5.86. The summed E-state index contributed by atoms with van der Waals surface area (Å²) in [7, 11) is 0. The number of nitriles is 1. The van der Waals surface area contributed by atoms with Gasteiger partial charge in [0.25, 0.3) is 0 Å². The zero-order valence-corrected chi connectivity index (χ0v) is 13.1. The maximum absolute atomic E-state index is 9.11. The average molecular weight is 359 g/mol. The van der Waals surface area contributed by atoms with Gasteiger partial charge in [0.15, 0.2) is 0 Å². The summed E-state index contributed by atoms with van der Waals surface area (Å²) in [4.78, 5) is 0. The lowest BCUT2D eigenvalue weighted by Gasteiger charge is -2.09. The number of rotatable bonds is 2. The smallest absolute Gasteiger partial charge is 0.146 e. The van der Waals surface area contributed by atoms with Gasteiger partial charge < -0.3 is 4.74 Å². The summed E-state index contributed by atoms with van der Waals surface area (Å²) in [5.41, 5.74) is 0.454. The fraction of sp³-hybridized carbons (Fsp3) is 0. The standard InChI is InChI=1S/C17H9BrClNO/c18-14-4-1-12-8-16(6-3-11(12)7-14)21-17-9-15(19)5-2-13(17)10-20/h1-9H. The molecule has 0 saturated heterocycles. The van der Waals surface area contributed by atoms with Gasteiger partial charge in [-0.3, -0.25) is 0 Å². The van der Waals surface area contributed by atoms with Gasteiger partial charge in [0.1, 0.15) is 17.6 Å². The van der Waals surface area contributed by atoms with E-state index in [0.717, 1.165) is 15.2 Å². The highest BCUT2D eigenvalue weighted by molar-refractivity contribution is 9.10. The maximum atomic E-state index is 9.11. The Morgan fingerprint density at radius 1 is 0.952 bits per heavy atom. The predicted molar refractivity (Wildman–Crippen MR) is 87.9 cm³/mol. The second-order valence-electron chi connectivity index (χ2n) is 4.51. The largest absolute Gasteiger partial charge is 0.456 e. The van der Waals surface area contributed by atoms with Gasteiger partial charge in [-0.05, 0) is 47.2 Å². The minimum Gasteiger partial charge on any atom is -0.456 e. The lowest BCUT2D eigenvalue weighted by Crippen LogP contribution is -1.88. The van der Waals surface area contributed by atoms with Crippen LogP contribution in [0.15, 0.2) is 59.1 Å². The van der Waals surface area contributed by atoms with E-state index in [1.165, 1.54) is 0 Å². The third-order valence-corrected chi connectivity index (χ3v) is 3.79. The van der Waals surface area contributed by atoms with Crippen LogP contribution in [0.5, 0.6) is 11.5 Å². The first kappa shape index (κ1) is 13.9. The highest BCUT2D eigenvalue weighted by Gasteiger charge is 2.06. The third kappa shape index (κ3) is 3.02. The number of hydrogen-bond donors (Lipinski definition) is 0. The number of fused-ring (bicyclic) bond motifs is 1. The molecule has 0 heterocycles. The van der Waals surface area contributed by atoms with Crippen LogP contribution >= 0.6 is 27.5 Å². The molecule has 0 bridgehead atoms. The average Bonchev–Trinajstić information content (AvgIpc) is 2.48. The van der Waals surface area contributed by atoms with Crippen LogP contribution in [0.4, 0.5) is 0 Å². The minimum atomic E-state index is 0.454. The van der Waals surface area contributed by atoms with Crippen LogP contribution in [0.2, 0.25) is 5.02 Å². The summed E-state index contributed by atoms with van der Waals surface area (Å²) in [6, 6.07) is 18.9. The van der Waals surface area contributed by atoms with Crippen molar-refractivity contribution >= 4 is 38.3 Å². The third-order valence-electron chi connectivity index (χ3n) is 3.07. The quantitative estimate of drug-likeness (QED) is 0.569. The molecule has 0 unspecified atom stereocenters. The predicted octanol–water partition coefficient (Wildman–Crippen LogP) is 5.92. The molecule has 2 nitrogen and oxygen atoms in total. The van der Waals surface area contributed by atoms with Crippen LogP contribution in [0, 0.1) is 11.3 Å². The van der Waals surface area contributed by atoms with Crippen molar-refractivity contribution in [3.63, 3.8) is 0 Å². The molecule has 0 aliphatic carbocycles. The van der Waals surface area contributed by atoms with Gasteiger partial charge in [0, 0.05) is 15.6 Å². The van der Waals surface area contributed by atoms with Gasteiger partial charge in [-0.25, -0.2) is 0 Å². The second kappa shape index (κ2) is 5.77. The van der Waals surface area contributed by atoms with Gasteiger partial charge >= 0.3 is 0 Å². The van der Waals surface area contributed by atoms with E-state index >= 15 is 0 Å². The van der Waals surface area contributed by atoms with E-state index in [2.05, 4.69) is 22.0 Å². The van der Waals surface area contributed by atoms with Crippen molar-refractivity contribution in [2.75, 3.05) is 0 Å². The van der Waals surface area contributed by atoms with Crippen LogP contribution in [0.3, 0.4) is 0 Å². The SMILES string of the molecule is N#Cc1ccc(Cl)cc1Oc1ccc2cc(Br)ccc2c1. The molecule has 0 fully saturated rings. The van der Waals surface area contributed by atoms with Gasteiger partial charge in [-0.2, -0.15) is 5.26 Å². The molecular weight excluding hydrogens is 350 g/mol. The molecular formula is C17H9BrClNO. The molecule has 0 aromatic heterocycles. The molecule has 4 heteroatoms. The molecule has 102 valence electrons. The van der Waals surface area contributed by atoms with E-state index in [1.54, 1.807) is 18.2 Å². The van der Waals surface area contributed by atoms with Crippen LogP contribution in [-0.4, -0.2) is 0 Å². The van der Waals surface area contributed by atoms with Gasteiger partial charge in [-0.1, -0.05) is 39.7 Å². The summed E-state index contributed by atoms with van der Waals surface area (Å²) in [6.45, 7) is 0. The molecule has 0 aliphatic heterocycles. The van der Waals surface area contributed by atoms with Gasteiger partial charge in [-0.15, -0.1) is 0 Å². The molecule has 0 saturated carbocycles. The van der Waals surface area contributed by atoms with E-state index < -0.39 is 0 Å². The summed E-state index contributed by atoms with van der Waals surface area (Å²) in [6.07, 6.45) is 0. The van der Waals surface area contributed by atoms with Crippen molar-refractivity contribution < 1.29 is 4.74 Å². The summed E-state index contributed by atoms with van der Waals surface area (Å²) < 4.78 is 6.83. The van der Waals surface area contributed by atoms with Crippen LogP contribution in [0.25, 0.3) is 10.8 Å². The Hall–Kier alpha value is -2.02. The number of benzene rings is 3. The Labute approximate surface area is 135 Å². The molecule has 21 heavy (non-hydrogen) atoms. The Kier molecular flexibility index (Phi) is 3.83. The van der Waals surface area contributed by atoms with Gasteiger partial charge in [0.2, 0.25) is 0 Å². The minimum absolute atomic E-state index is 0.454. The van der Waals surface area contributed by atoms with Crippen molar-refractivity contribution in [2.45, 2.75) is 0 Å². The first-order valence-electron chi connectivity index (χ1n) is 6.22. The van der Waals surface area contributed by atoms with Crippen molar-refractivity contribution in [1.82, 2.24) is 0 Å². The van der Waals surface area contributed by atoms with E-state index in [9.17, 15) is 0 Å². The van der Waals surface area contributed by atoms with Crippen molar-refractivity contribution in [2.24, 2.45) is 0 Å². The monoisotopic (exact) mass is 357 g/mol. The summed E-state index contributed by atoms with van der Waals surface area (Å²) in [5.74, 6) is 1.13. The first-order valence-corrected chi connectivity index (χ1v) is 7.39. The number of halogens is 2. The molecule has 0 radical (unpaired) electrons.